The average Bonchev–Trinajstić information content (AvgIpc) is 3.36. The molecule has 3 aromatic rings. The predicted octanol–water partition coefficient (Wildman–Crippen LogP) is 4.35. The van der Waals surface area contributed by atoms with E-state index in [0.29, 0.717) is 17.8 Å². The third-order valence-corrected chi connectivity index (χ3v) is 8.03. The summed E-state index contributed by atoms with van der Waals surface area (Å²) in [5.41, 5.74) is 4.13. The zero-order valence-corrected chi connectivity index (χ0v) is 20.5. The molecule has 34 heavy (non-hydrogen) atoms. The van der Waals surface area contributed by atoms with E-state index in [9.17, 15) is 13.2 Å². The van der Waals surface area contributed by atoms with Gasteiger partial charge < -0.3 is 5.32 Å². The van der Waals surface area contributed by atoms with Crippen LogP contribution in [0.15, 0.2) is 77.7 Å². The fourth-order valence-corrected chi connectivity index (χ4v) is 5.28. The van der Waals surface area contributed by atoms with Crippen LogP contribution in [-0.2, 0) is 23.1 Å². The van der Waals surface area contributed by atoms with Crippen LogP contribution in [0.25, 0.3) is 0 Å². The highest BCUT2D eigenvalue weighted by Gasteiger charge is 2.22. The van der Waals surface area contributed by atoms with Gasteiger partial charge in [0.2, 0.25) is 0 Å². The molecule has 0 atom stereocenters. The van der Waals surface area contributed by atoms with Crippen molar-refractivity contribution in [3.05, 3.63) is 95.1 Å². The molecular formula is C27H31N3O3S. The topological polar surface area (TPSA) is 69.7 Å². The first kappa shape index (κ1) is 24.0. The summed E-state index contributed by atoms with van der Waals surface area (Å²) < 4.78 is 27.2. The quantitative estimate of drug-likeness (QED) is 0.524. The van der Waals surface area contributed by atoms with Gasteiger partial charge in [-0.3, -0.25) is 14.0 Å². The van der Waals surface area contributed by atoms with E-state index in [4.69, 9.17) is 0 Å². The van der Waals surface area contributed by atoms with Gasteiger partial charge in [-0.15, -0.1) is 0 Å². The summed E-state index contributed by atoms with van der Waals surface area (Å²) in [7, 11) is -2.23. The molecular weight excluding hydrogens is 446 g/mol. The van der Waals surface area contributed by atoms with E-state index in [-0.39, 0.29) is 10.8 Å². The second kappa shape index (κ2) is 10.4. The summed E-state index contributed by atoms with van der Waals surface area (Å²) in [4.78, 5) is 15.4. The molecule has 178 valence electrons. The maximum absolute atomic E-state index is 13.0. The number of amides is 1. The van der Waals surface area contributed by atoms with Gasteiger partial charge in [0.1, 0.15) is 0 Å². The zero-order valence-electron chi connectivity index (χ0n) is 19.7. The molecule has 1 amide bonds. The van der Waals surface area contributed by atoms with Crippen molar-refractivity contribution in [2.75, 3.05) is 24.4 Å². The number of nitrogens with one attached hydrogen (secondary N) is 1. The fraction of sp³-hybridized carbons (Fsp3) is 0.296. The van der Waals surface area contributed by atoms with Crippen LogP contribution in [0.3, 0.4) is 0 Å². The van der Waals surface area contributed by atoms with E-state index in [2.05, 4.69) is 22.3 Å². The van der Waals surface area contributed by atoms with Gasteiger partial charge >= 0.3 is 0 Å². The summed E-state index contributed by atoms with van der Waals surface area (Å²) in [5, 5.41) is 2.93. The first-order valence-corrected chi connectivity index (χ1v) is 13.0. The lowest BCUT2D eigenvalue weighted by Crippen LogP contribution is -2.27. The van der Waals surface area contributed by atoms with Crippen molar-refractivity contribution in [2.24, 2.45) is 0 Å². The van der Waals surface area contributed by atoms with Crippen LogP contribution in [0.1, 0.15) is 39.9 Å². The van der Waals surface area contributed by atoms with Crippen molar-refractivity contribution in [3.8, 4) is 0 Å². The van der Waals surface area contributed by atoms with Crippen LogP contribution in [0.5, 0.6) is 0 Å². The molecule has 4 rings (SSSR count). The largest absolute Gasteiger partial charge is 0.348 e. The third kappa shape index (κ3) is 5.66. The SMILES string of the molecule is Cc1ccc(S(=O)(=O)N(C)c2cccc(C(=O)NCc3ccc(CN4CCCC4)cc3)c2)cc1. The molecule has 1 aliphatic heterocycles. The summed E-state index contributed by atoms with van der Waals surface area (Å²) in [6.45, 7) is 5.62. The molecule has 1 aliphatic rings. The number of carbonyl (C=O) groups excluding carboxylic acids is 1. The Kier molecular flexibility index (Phi) is 7.34. The van der Waals surface area contributed by atoms with Gasteiger partial charge in [0.05, 0.1) is 10.6 Å². The lowest BCUT2D eigenvalue weighted by atomic mass is 10.1. The highest BCUT2D eigenvalue weighted by atomic mass is 32.2. The van der Waals surface area contributed by atoms with Crippen LogP contribution in [0.2, 0.25) is 0 Å². The molecule has 0 unspecified atom stereocenters. The molecule has 0 saturated carbocycles. The second-order valence-corrected chi connectivity index (χ2v) is 10.8. The van der Waals surface area contributed by atoms with E-state index in [1.807, 2.05) is 19.1 Å². The van der Waals surface area contributed by atoms with E-state index in [0.717, 1.165) is 17.7 Å². The number of hydrogen-bond acceptors (Lipinski definition) is 4. The van der Waals surface area contributed by atoms with Crippen LogP contribution >= 0.6 is 0 Å². The van der Waals surface area contributed by atoms with Crippen LogP contribution < -0.4 is 9.62 Å². The molecule has 1 fully saturated rings. The third-order valence-electron chi connectivity index (χ3n) is 6.23. The van der Waals surface area contributed by atoms with Gasteiger partial charge in [-0.25, -0.2) is 8.42 Å². The normalized spacial score (nSPS) is 14.2. The van der Waals surface area contributed by atoms with Gasteiger partial charge in [-0.2, -0.15) is 0 Å². The Balaban J connectivity index is 1.39. The van der Waals surface area contributed by atoms with Crippen molar-refractivity contribution in [3.63, 3.8) is 0 Å². The number of benzene rings is 3. The average molecular weight is 478 g/mol. The number of nitrogens with zero attached hydrogens (tertiary/aromatic N) is 2. The van der Waals surface area contributed by atoms with Gasteiger partial charge in [0.25, 0.3) is 15.9 Å². The monoisotopic (exact) mass is 477 g/mol. The number of carbonyl (C=O) groups is 1. The van der Waals surface area contributed by atoms with Crippen LogP contribution in [-0.4, -0.2) is 39.4 Å². The minimum atomic E-state index is -3.72. The highest BCUT2D eigenvalue weighted by Crippen LogP contribution is 2.23. The molecule has 0 radical (unpaired) electrons. The van der Waals surface area contributed by atoms with Gasteiger partial charge in [-0.1, -0.05) is 48.0 Å². The first-order valence-electron chi connectivity index (χ1n) is 11.6. The molecule has 0 aromatic heterocycles. The molecule has 0 spiro atoms. The van der Waals surface area contributed by atoms with E-state index in [1.54, 1.807) is 48.5 Å². The van der Waals surface area contributed by atoms with Gasteiger partial charge in [-0.05, 0) is 74.3 Å². The standard InChI is InChI=1S/C27H31N3O3S/c1-21-8-14-26(15-9-21)34(32,33)29(2)25-7-5-6-24(18-25)27(31)28-19-22-10-12-23(13-11-22)20-30-16-3-4-17-30/h5-15,18H,3-4,16-17,19-20H2,1-2H3,(H,28,31). The molecule has 3 aromatic carbocycles. The number of likely N-dealkylation sites (tertiary alicyclic amines) is 1. The smallest absolute Gasteiger partial charge is 0.264 e. The number of hydrogen-bond donors (Lipinski definition) is 1. The highest BCUT2D eigenvalue weighted by molar-refractivity contribution is 7.92. The summed E-state index contributed by atoms with van der Waals surface area (Å²) >= 11 is 0. The maximum Gasteiger partial charge on any atom is 0.264 e. The van der Waals surface area contributed by atoms with E-state index >= 15 is 0 Å². The maximum atomic E-state index is 13.0. The summed E-state index contributed by atoms with van der Waals surface area (Å²) in [6.07, 6.45) is 2.55. The van der Waals surface area contributed by atoms with Crippen LogP contribution in [0, 0.1) is 6.92 Å². The molecule has 6 nitrogen and oxygen atoms in total. The van der Waals surface area contributed by atoms with E-state index < -0.39 is 10.0 Å². The molecule has 1 N–H and O–H groups in total. The predicted molar refractivity (Wildman–Crippen MR) is 135 cm³/mol. The molecule has 7 heteroatoms. The van der Waals surface area contributed by atoms with Crippen molar-refractivity contribution in [2.45, 2.75) is 37.8 Å². The number of sulfonamides is 1. The Morgan fingerprint density at radius 2 is 1.59 bits per heavy atom. The Morgan fingerprint density at radius 1 is 0.941 bits per heavy atom. The number of rotatable bonds is 8. The number of aryl methyl sites for hydroxylation is 1. The second-order valence-electron chi connectivity index (χ2n) is 8.82. The minimum Gasteiger partial charge on any atom is -0.348 e. The van der Waals surface area contributed by atoms with Crippen molar-refractivity contribution >= 4 is 21.6 Å². The molecule has 1 heterocycles. The Labute approximate surface area is 202 Å². The summed E-state index contributed by atoms with van der Waals surface area (Å²) in [6, 6.07) is 21.7. The Bertz CT molecular complexity index is 1230. The zero-order chi connectivity index (χ0) is 24.1. The molecule has 1 saturated heterocycles. The van der Waals surface area contributed by atoms with Crippen LogP contribution in [0.4, 0.5) is 5.69 Å². The van der Waals surface area contributed by atoms with Crippen molar-refractivity contribution in [1.29, 1.82) is 0 Å². The Morgan fingerprint density at radius 3 is 2.26 bits per heavy atom. The summed E-state index contributed by atoms with van der Waals surface area (Å²) in [5.74, 6) is -0.246. The van der Waals surface area contributed by atoms with E-state index in [1.165, 1.54) is 42.8 Å². The lowest BCUT2D eigenvalue weighted by molar-refractivity contribution is 0.0951. The fourth-order valence-electron chi connectivity index (χ4n) is 4.10. The number of anilines is 1. The first-order chi connectivity index (χ1) is 16.3. The molecule has 0 bridgehead atoms. The van der Waals surface area contributed by atoms with Gasteiger partial charge in [0, 0.05) is 25.7 Å². The minimum absolute atomic E-state index is 0.212. The van der Waals surface area contributed by atoms with Gasteiger partial charge in [0.15, 0.2) is 0 Å². The van der Waals surface area contributed by atoms with Crippen molar-refractivity contribution < 1.29 is 13.2 Å². The lowest BCUT2D eigenvalue weighted by Gasteiger charge is -2.20. The van der Waals surface area contributed by atoms with Crippen molar-refractivity contribution in [1.82, 2.24) is 10.2 Å². The molecule has 0 aliphatic carbocycles. The Hall–Kier alpha value is -3.16.